The molecule has 1 amide bonds. The Balaban J connectivity index is 2.53. The van der Waals surface area contributed by atoms with Gasteiger partial charge in [0.25, 0.3) is 0 Å². The molecule has 1 saturated heterocycles. The van der Waals surface area contributed by atoms with Gasteiger partial charge in [-0.2, -0.15) is 0 Å². The summed E-state index contributed by atoms with van der Waals surface area (Å²) in [5, 5.41) is 57.4. The van der Waals surface area contributed by atoms with Gasteiger partial charge in [-0.3, -0.25) is 9.59 Å². The monoisotopic (exact) mass is 1300 g/mol. The number of carbonyl (C=O) groups is 2. The zero-order valence-corrected chi connectivity index (χ0v) is 60.1. The minimum atomic E-state index is -1.62. The van der Waals surface area contributed by atoms with Crippen LogP contribution in [-0.4, -0.2) is 99.6 Å². The number of aliphatic hydroxyl groups excluding tert-OH is 5. The highest BCUT2D eigenvalue weighted by atomic mass is 16.7. The third kappa shape index (κ3) is 55.3. The summed E-state index contributed by atoms with van der Waals surface area (Å²) in [5.41, 5.74) is 0. The molecule has 0 aromatic carbocycles. The lowest BCUT2D eigenvalue weighted by Gasteiger charge is -2.41. The van der Waals surface area contributed by atoms with Crippen molar-refractivity contribution in [3.05, 3.63) is 97.2 Å². The van der Waals surface area contributed by atoms with Crippen molar-refractivity contribution in [2.24, 2.45) is 0 Å². The number of aliphatic hydroxyl groups is 5. The molecular weight excluding hydrogens is 1160 g/mol. The van der Waals surface area contributed by atoms with Gasteiger partial charge in [-0.05, 0) is 103 Å². The predicted octanol–water partition coefficient (Wildman–Crippen LogP) is 21.0. The Bertz CT molecular complexity index is 1890. The molecule has 1 fully saturated rings. The van der Waals surface area contributed by atoms with Crippen molar-refractivity contribution in [2.45, 2.75) is 397 Å². The molecule has 1 rings (SSSR count). The quantitative estimate of drug-likeness (QED) is 0.0195. The minimum absolute atomic E-state index is 0.117. The van der Waals surface area contributed by atoms with Gasteiger partial charge in [0.05, 0.1) is 25.4 Å². The van der Waals surface area contributed by atoms with E-state index in [1.807, 2.05) is 6.08 Å². The molecule has 1 heterocycles. The van der Waals surface area contributed by atoms with Crippen molar-refractivity contribution in [3.8, 4) is 0 Å². The van der Waals surface area contributed by atoms with Gasteiger partial charge < -0.3 is 45.1 Å². The van der Waals surface area contributed by atoms with Gasteiger partial charge in [-0.1, -0.05) is 336 Å². The van der Waals surface area contributed by atoms with E-state index in [9.17, 15) is 35.1 Å². The number of amides is 1. The van der Waals surface area contributed by atoms with Gasteiger partial charge in [0, 0.05) is 6.42 Å². The maximum atomic E-state index is 13.5. The van der Waals surface area contributed by atoms with Crippen molar-refractivity contribution >= 4 is 11.9 Å². The Morgan fingerprint density at radius 2 is 0.774 bits per heavy atom. The van der Waals surface area contributed by atoms with E-state index in [0.29, 0.717) is 12.8 Å². The van der Waals surface area contributed by atoms with Crippen LogP contribution in [0.1, 0.15) is 348 Å². The lowest BCUT2D eigenvalue weighted by Crippen LogP contribution is -2.61. The summed E-state index contributed by atoms with van der Waals surface area (Å²) in [5.74, 6) is -1.19. The van der Waals surface area contributed by atoms with Crippen LogP contribution in [0, 0.1) is 0 Å². The highest BCUT2D eigenvalue weighted by Crippen LogP contribution is 2.26. The number of carbonyl (C=O) groups excluding carboxylic acids is 2. The van der Waals surface area contributed by atoms with E-state index < -0.39 is 67.4 Å². The smallest absolute Gasteiger partial charge is 0.306 e. The number of hydrogen-bond acceptors (Lipinski definition) is 10. The van der Waals surface area contributed by atoms with Gasteiger partial charge in [0.15, 0.2) is 12.4 Å². The highest BCUT2D eigenvalue weighted by Gasteiger charge is 2.47. The molecule has 1 aliphatic rings. The van der Waals surface area contributed by atoms with E-state index in [1.165, 1.54) is 199 Å². The Labute approximate surface area is 571 Å². The van der Waals surface area contributed by atoms with E-state index in [2.05, 4.69) is 111 Å². The molecule has 8 atom stereocenters. The van der Waals surface area contributed by atoms with Gasteiger partial charge in [0.1, 0.15) is 24.4 Å². The van der Waals surface area contributed by atoms with E-state index in [0.717, 1.165) is 103 Å². The van der Waals surface area contributed by atoms with Crippen LogP contribution in [0.5, 0.6) is 0 Å². The fourth-order valence-electron chi connectivity index (χ4n) is 11.9. The number of nitrogens with one attached hydrogen (secondary N) is 1. The first-order chi connectivity index (χ1) is 45.7. The molecule has 0 bridgehead atoms. The molecule has 1 aliphatic heterocycles. The molecule has 0 saturated carbocycles. The number of esters is 1. The van der Waals surface area contributed by atoms with Crippen LogP contribution < -0.4 is 5.32 Å². The van der Waals surface area contributed by atoms with Crippen molar-refractivity contribution in [1.29, 1.82) is 0 Å². The van der Waals surface area contributed by atoms with Crippen molar-refractivity contribution in [1.82, 2.24) is 5.32 Å². The molecule has 0 aromatic heterocycles. The van der Waals surface area contributed by atoms with Crippen LogP contribution in [0.25, 0.3) is 0 Å². The lowest BCUT2D eigenvalue weighted by molar-refractivity contribution is -0.305. The molecule has 0 aliphatic carbocycles. The first-order valence-corrected chi connectivity index (χ1v) is 39.0. The predicted molar refractivity (Wildman–Crippen MR) is 393 cm³/mol. The third-order valence-electron chi connectivity index (χ3n) is 18.0. The second kappa shape index (κ2) is 68.5. The van der Waals surface area contributed by atoms with E-state index in [4.69, 9.17) is 14.2 Å². The summed E-state index contributed by atoms with van der Waals surface area (Å²) in [6, 6.07) is -1.03. The Kier molecular flexibility index (Phi) is 64.5. The van der Waals surface area contributed by atoms with Gasteiger partial charge in [-0.25, -0.2) is 0 Å². The number of unbranched alkanes of at least 4 members (excludes halogenated alkanes) is 39. The second-order valence-electron chi connectivity index (χ2n) is 26.7. The average molecular weight is 1310 g/mol. The van der Waals surface area contributed by atoms with Crippen LogP contribution in [0.3, 0.4) is 0 Å². The molecule has 0 spiro atoms. The summed E-state index contributed by atoms with van der Waals surface area (Å²) >= 11 is 0. The third-order valence-corrected chi connectivity index (χ3v) is 18.0. The van der Waals surface area contributed by atoms with Crippen LogP contribution >= 0.6 is 0 Å². The van der Waals surface area contributed by atoms with Crippen molar-refractivity contribution in [2.75, 3.05) is 13.2 Å². The first-order valence-electron chi connectivity index (χ1n) is 39.0. The Morgan fingerprint density at radius 3 is 1.18 bits per heavy atom. The fourth-order valence-corrected chi connectivity index (χ4v) is 11.9. The van der Waals surface area contributed by atoms with Gasteiger partial charge >= 0.3 is 5.97 Å². The molecule has 0 radical (unpaired) electrons. The van der Waals surface area contributed by atoms with Crippen LogP contribution in [0.4, 0.5) is 0 Å². The SMILES string of the molecule is CC/C=C\C/C=C\C/C=C\C/C=C\C/C=C\CCCCCCCCCCCCCC(=O)OC1C(OCC(NC(=O)C(O)CCCCCCCCCCCCCCCC/C=C\C/C=C\CCCCC)C(O)/C=C/CCCCCCCCCCCCC)OC(CO)C(O)C1O. The number of allylic oxidation sites excluding steroid dienone is 15. The van der Waals surface area contributed by atoms with E-state index >= 15 is 0 Å². The van der Waals surface area contributed by atoms with Crippen LogP contribution in [-0.2, 0) is 23.8 Å². The normalized spacial score (nSPS) is 18.4. The van der Waals surface area contributed by atoms with E-state index in [-0.39, 0.29) is 19.4 Å². The van der Waals surface area contributed by atoms with Crippen molar-refractivity contribution in [3.63, 3.8) is 0 Å². The van der Waals surface area contributed by atoms with Crippen LogP contribution in [0.2, 0.25) is 0 Å². The fraction of sp³-hybridized carbons (Fsp3) is 0.780. The van der Waals surface area contributed by atoms with Crippen LogP contribution in [0.15, 0.2) is 97.2 Å². The lowest BCUT2D eigenvalue weighted by atomic mass is 9.99. The molecule has 8 unspecified atom stereocenters. The zero-order valence-electron chi connectivity index (χ0n) is 60.1. The average Bonchev–Trinajstić information content (AvgIpc) is 0.844. The Hall–Kier alpha value is -3.42. The summed E-state index contributed by atoms with van der Waals surface area (Å²) in [7, 11) is 0. The second-order valence-corrected chi connectivity index (χ2v) is 26.7. The molecule has 93 heavy (non-hydrogen) atoms. The first kappa shape index (κ1) is 87.6. The summed E-state index contributed by atoms with van der Waals surface area (Å²) in [6.07, 6.45) is 83.0. The topological polar surface area (TPSA) is 175 Å². The maximum absolute atomic E-state index is 13.5. The number of rotatable bonds is 67. The van der Waals surface area contributed by atoms with Crippen molar-refractivity contribution < 1.29 is 49.3 Å². The summed E-state index contributed by atoms with van der Waals surface area (Å²) in [4.78, 5) is 26.8. The minimum Gasteiger partial charge on any atom is -0.454 e. The number of hydrogen-bond donors (Lipinski definition) is 6. The summed E-state index contributed by atoms with van der Waals surface area (Å²) in [6.45, 7) is 5.70. The molecule has 11 nitrogen and oxygen atoms in total. The summed E-state index contributed by atoms with van der Waals surface area (Å²) < 4.78 is 17.8. The highest BCUT2D eigenvalue weighted by molar-refractivity contribution is 5.80. The molecule has 6 N–H and O–H groups in total. The van der Waals surface area contributed by atoms with Gasteiger partial charge in [-0.15, -0.1) is 0 Å². The molecule has 11 heteroatoms. The largest absolute Gasteiger partial charge is 0.454 e. The standard InChI is InChI=1S/C82H145NO10/c1-4-7-10-13-16-19-22-25-27-29-31-33-35-37-38-39-41-43-45-47-49-52-55-58-61-64-67-70-77(87)93-80-79(89)78(88)76(71-84)92-82(80)91-72-73(74(85)68-65-62-59-56-53-50-24-21-18-15-12-9-6-3)83-81(90)75(86)69-66-63-60-57-54-51-48-46-44-42-40-36-34-32-30-28-26-23-20-17-14-11-8-5-2/h7,10,16-17,19-20,25-28,31,33,37-38,65,68,73-76,78-80,82,84-86,88-89H,4-6,8-9,11-15,18,21-24,29-30,32,34-36,39-64,66-67,69-72H2,1-3H3,(H,83,90)/b10-7-,19-16-,20-17-,27-25-,28-26-,33-31-,38-37-,68-65+. The van der Waals surface area contributed by atoms with Gasteiger partial charge in [0.2, 0.25) is 5.91 Å². The molecular formula is C82H145NO10. The Morgan fingerprint density at radius 1 is 0.430 bits per heavy atom. The van der Waals surface area contributed by atoms with E-state index in [1.54, 1.807) is 6.08 Å². The molecule has 0 aromatic rings. The number of ether oxygens (including phenoxy) is 3. The maximum Gasteiger partial charge on any atom is 0.306 e. The molecule has 538 valence electrons. The zero-order chi connectivity index (χ0) is 67.4.